The second kappa shape index (κ2) is 10.3. The number of ketones is 1. The van der Waals surface area contributed by atoms with Crippen molar-refractivity contribution in [3.8, 4) is 11.5 Å². The summed E-state index contributed by atoms with van der Waals surface area (Å²) in [6.07, 6.45) is -0.502. The van der Waals surface area contributed by atoms with Crippen LogP contribution in [0.4, 0.5) is 4.79 Å². The molecule has 2 heterocycles. The number of rotatable bonds is 7. The molecule has 0 fully saturated rings. The maximum atomic E-state index is 13.2. The Morgan fingerprint density at radius 2 is 1.86 bits per heavy atom. The summed E-state index contributed by atoms with van der Waals surface area (Å²) >= 11 is 0. The van der Waals surface area contributed by atoms with Crippen molar-refractivity contribution in [2.45, 2.75) is 39.7 Å². The average Bonchev–Trinajstić information content (AvgIpc) is 3.11. The quantitative estimate of drug-likeness (QED) is 0.565. The molecule has 10 nitrogen and oxygen atoms in total. The van der Waals surface area contributed by atoms with Gasteiger partial charge in [-0.2, -0.15) is 0 Å². The second-order valence-electron chi connectivity index (χ2n) is 9.71. The maximum Gasteiger partial charge on any atom is 0.414 e. The molecule has 0 aliphatic carbocycles. The molecule has 1 aliphatic rings. The van der Waals surface area contributed by atoms with Crippen LogP contribution in [0.15, 0.2) is 24.3 Å². The van der Waals surface area contributed by atoms with Crippen LogP contribution >= 0.6 is 0 Å². The van der Waals surface area contributed by atoms with Crippen molar-refractivity contribution in [3.63, 3.8) is 0 Å². The SMILES string of the molecule is CCOc1cc2c(nc1C(=O)NC)C(=N)N(CC(=O)c1ccc(OC(=O)N(C)C)c(C(C)(C)C)c1)C2. The fourth-order valence-corrected chi connectivity index (χ4v) is 3.80. The van der Waals surface area contributed by atoms with E-state index in [9.17, 15) is 14.4 Å². The first-order valence-electron chi connectivity index (χ1n) is 11.7. The van der Waals surface area contributed by atoms with Gasteiger partial charge in [0.15, 0.2) is 17.2 Å². The predicted octanol–water partition coefficient (Wildman–Crippen LogP) is 3.22. The molecule has 1 aromatic carbocycles. The third-order valence-electron chi connectivity index (χ3n) is 5.72. The number of hydrogen-bond donors (Lipinski definition) is 2. The number of Topliss-reactive ketones (excluding diaryl/α,β-unsaturated/α-hetero) is 1. The molecule has 0 atom stereocenters. The van der Waals surface area contributed by atoms with Crippen molar-refractivity contribution in [2.24, 2.45) is 0 Å². The molecule has 10 heteroatoms. The van der Waals surface area contributed by atoms with E-state index in [1.807, 2.05) is 27.7 Å². The highest BCUT2D eigenvalue weighted by Crippen LogP contribution is 2.33. The van der Waals surface area contributed by atoms with Crippen LogP contribution in [0.1, 0.15) is 65.4 Å². The zero-order valence-corrected chi connectivity index (χ0v) is 21.8. The van der Waals surface area contributed by atoms with Gasteiger partial charge in [0.2, 0.25) is 0 Å². The Hall–Kier alpha value is -3.95. The number of pyridine rings is 1. The van der Waals surface area contributed by atoms with Crippen LogP contribution in [-0.4, -0.2) is 72.7 Å². The molecule has 0 saturated heterocycles. The number of hydrogen-bond acceptors (Lipinski definition) is 7. The lowest BCUT2D eigenvalue weighted by Gasteiger charge is -2.24. The van der Waals surface area contributed by atoms with Crippen molar-refractivity contribution >= 4 is 23.6 Å². The molecule has 0 spiro atoms. The minimum Gasteiger partial charge on any atom is -0.491 e. The van der Waals surface area contributed by atoms with E-state index >= 15 is 0 Å². The Kier molecular flexibility index (Phi) is 7.66. The molecule has 36 heavy (non-hydrogen) atoms. The van der Waals surface area contributed by atoms with Crippen molar-refractivity contribution < 1.29 is 23.9 Å². The number of nitrogens with zero attached hydrogens (tertiary/aromatic N) is 3. The van der Waals surface area contributed by atoms with Crippen LogP contribution in [0, 0.1) is 5.41 Å². The van der Waals surface area contributed by atoms with E-state index in [1.54, 1.807) is 43.3 Å². The molecule has 0 bridgehead atoms. The summed E-state index contributed by atoms with van der Waals surface area (Å²) < 4.78 is 11.1. The van der Waals surface area contributed by atoms with Crippen LogP contribution in [0.5, 0.6) is 11.5 Å². The van der Waals surface area contributed by atoms with Crippen molar-refractivity contribution in [2.75, 3.05) is 34.3 Å². The molecule has 3 rings (SSSR count). The molecular formula is C26H33N5O5. The first kappa shape index (κ1) is 26.7. The van der Waals surface area contributed by atoms with Gasteiger partial charge in [-0.05, 0) is 36.6 Å². The third-order valence-corrected chi connectivity index (χ3v) is 5.72. The van der Waals surface area contributed by atoms with E-state index in [-0.39, 0.29) is 29.3 Å². The van der Waals surface area contributed by atoms with Gasteiger partial charge in [-0.1, -0.05) is 20.8 Å². The van der Waals surface area contributed by atoms with E-state index in [0.29, 0.717) is 41.5 Å². The topological polar surface area (TPSA) is 125 Å². The average molecular weight is 496 g/mol. The van der Waals surface area contributed by atoms with Crippen molar-refractivity contribution in [1.29, 1.82) is 5.41 Å². The highest BCUT2D eigenvalue weighted by Gasteiger charge is 2.31. The summed E-state index contributed by atoms with van der Waals surface area (Å²) in [5, 5.41) is 11.1. The molecule has 2 amide bonds. The molecule has 1 aliphatic heterocycles. The standard InChI is InChI=1S/C26H33N5O5/c1-8-35-20-12-16-13-31(23(27)21(16)29-22(20)24(33)28-5)14-18(32)15-9-10-19(36-25(34)30(6)7)17(11-15)26(2,3)4/h9-12,27H,8,13-14H2,1-7H3,(H,28,33). The fraction of sp³-hybridized carbons (Fsp3) is 0.423. The maximum absolute atomic E-state index is 13.2. The third kappa shape index (κ3) is 5.48. The van der Waals surface area contributed by atoms with E-state index in [0.717, 1.165) is 5.56 Å². The summed E-state index contributed by atoms with van der Waals surface area (Å²) in [5.74, 6) is 0.204. The Balaban J connectivity index is 1.86. The summed E-state index contributed by atoms with van der Waals surface area (Å²) in [4.78, 5) is 45.0. The minimum absolute atomic E-state index is 0.0467. The van der Waals surface area contributed by atoms with E-state index in [1.165, 1.54) is 11.9 Å². The van der Waals surface area contributed by atoms with Gasteiger partial charge >= 0.3 is 6.09 Å². The Morgan fingerprint density at radius 1 is 1.17 bits per heavy atom. The molecule has 2 aromatic rings. The van der Waals surface area contributed by atoms with E-state index < -0.39 is 12.0 Å². The zero-order valence-electron chi connectivity index (χ0n) is 21.8. The van der Waals surface area contributed by atoms with Crippen LogP contribution in [0.2, 0.25) is 0 Å². The number of aromatic nitrogens is 1. The summed E-state index contributed by atoms with van der Waals surface area (Å²) in [6.45, 7) is 8.35. The van der Waals surface area contributed by atoms with Crippen LogP contribution in [-0.2, 0) is 12.0 Å². The second-order valence-corrected chi connectivity index (χ2v) is 9.71. The highest BCUT2D eigenvalue weighted by molar-refractivity contribution is 6.05. The summed E-state index contributed by atoms with van der Waals surface area (Å²) in [6, 6.07) is 6.70. The van der Waals surface area contributed by atoms with E-state index in [4.69, 9.17) is 14.9 Å². The fourth-order valence-electron chi connectivity index (χ4n) is 3.80. The normalized spacial score (nSPS) is 12.8. The number of fused-ring (bicyclic) bond motifs is 1. The smallest absolute Gasteiger partial charge is 0.414 e. The number of amidine groups is 1. The van der Waals surface area contributed by atoms with Crippen molar-refractivity contribution in [1.82, 2.24) is 20.1 Å². The molecule has 192 valence electrons. The van der Waals surface area contributed by atoms with Crippen LogP contribution in [0.3, 0.4) is 0 Å². The van der Waals surface area contributed by atoms with Gasteiger partial charge in [0, 0.05) is 44.4 Å². The predicted molar refractivity (Wildman–Crippen MR) is 135 cm³/mol. The highest BCUT2D eigenvalue weighted by atomic mass is 16.6. The Morgan fingerprint density at radius 3 is 2.44 bits per heavy atom. The number of carbonyl (C=O) groups excluding carboxylic acids is 3. The van der Waals surface area contributed by atoms with Gasteiger partial charge in [-0.15, -0.1) is 0 Å². The zero-order chi connectivity index (χ0) is 26.8. The number of carbonyl (C=O) groups is 3. The molecular weight excluding hydrogens is 462 g/mol. The van der Waals surface area contributed by atoms with Gasteiger partial charge in [0.05, 0.1) is 13.2 Å². The van der Waals surface area contributed by atoms with Gasteiger partial charge in [-0.25, -0.2) is 9.78 Å². The number of ether oxygens (including phenoxy) is 2. The largest absolute Gasteiger partial charge is 0.491 e. The monoisotopic (exact) mass is 495 g/mol. The molecule has 1 aromatic heterocycles. The lowest BCUT2D eigenvalue weighted by molar-refractivity contribution is 0.0949. The lowest BCUT2D eigenvalue weighted by Crippen LogP contribution is -2.31. The molecule has 2 N–H and O–H groups in total. The molecule has 0 saturated carbocycles. The minimum atomic E-state index is -0.502. The van der Waals surface area contributed by atoms with Crippen molar-refractivity contribution in [3.05, 3.63) is 52.3 Å². The number of benzene rings is 1. The first-order chi connectivity index (χ1) is 16.9. The van der Waals surface area contributed by atoms with Crippen LogP contribution < -0.4 is 14.8 Å². The van der Waals surface area contributed by atoms with Gasteiger partial charge in [-0.3, -0.25) is 15.0 Å². The van der Waals surface area contributed by atoms with Crippen LogP contribution in [0.25, 0.3) is 0 Å². The van der Waals surface area contributed by atoms with Gasteiger partial charge in [0.1, 0.15) is 17.3 Å². The van der Waals surface area contributed by atoms with Gasteiger partial charge < -0.3 is 24.6 Å². The molecule has 0 radical (unpaired) electrons. The summed E-state index contributed by atoms with van der Waals surface area (Å²) in [5.41, 5.74) is 1.96. The lowest BCUT2D eigenvalue weighted by atomic mass is 9.85. The Labute approximate surface area is 211 Å². The number of nitrogens with one attached hydrogen (secondary N) is 2. The molecule has 0 unspecified atom stereocenters. The summed E-state index contributed by atoms with van der Waals surface area (Å²) in [7, 11) is 4.70. The van der Waals surface area contributed by atoms with E-state index in [2.05, 4.69) is 10.3 Å². The van der Waals surface area contributed by atoms with Gasteiger partial charge in [0.25, 0.3) is 5.91 Å². The first-order valence-corrected chi connectivity index (χ1v) is 11.7. The number of amides is 2. The Bertz CT molecular complexity index is 1220.